The molecule has 1 unspecified atom stereocenters. The Kier molecular flexibility index (Phi) is 5.25. The maximum atomic E-state index is 13.4. The molecule has 1 aliphatic heterocycles. The minimum Gasteiger partial charge on any atom is -0.383 e. The number of rotatable bonds is 4. The van der Waals surface area contributed by atoms with Crippen molar-refractivity contribution in [3.8, 4) is 0 Å². The van der Waals surface area contributed by atoms with E-state index in [0.717, 1.165) is 36.9 Å². The molecule has 1 aliphatic carbocycles. The molecule has 7 nitrogen and oxygen atoms in total. The van der Waals surface area contributed by atoms with Crippen LogP contribution in [-0.4, -0.2) is 31.9 Å². The van der Waals surface area contributed by atoms with Crippen LogP contribution >= 0.6 is 0 Å². The first kappa shape index (κ1) is 20.8. The zero-order valence-corrected chi connectivity index (χ0v) is 18.4. The maximum Gasteiger partial charge on any atom is 0.256 e. The molecule has 32 heavy (non-hydrogen) atoms. The summed E-state index contributed by atoms with van der Waals surface area (Å²) in [6, 6.07) is 11.9. The Bertz CT molecular complexity index is 1360. The molecule has 5 rings (SSSR count). The van der Waals surface area contributed by atoms with Crippen molar-refractivity contribution in [2.45, 2.75) is 48.3 Å². The minimum absolute atomic E-state index is 0.00509. The predicted octanol–water partition coefficient (Wildman–Crippen LogP) is 3.53. The number of sulfone groups is 1. The van der Waals surface area contributed by atoms with Gasteiger partial charge in [0.1, 0.15) is 10.8 Å². The summed E-state index contributed by atoms with van der Waals surface area (Å²) < 4.78 is 26.8. The highest BCUT2D eigenvalue weighted by Crippen LogP contribution is 2.38. The molecule has 0 spiro atoms. The molecule has 8 heteroatoms. The molecular weight excluding hydrogens is 426 g/mol. The maximum absolute atomic E-state index is 13.4. The first-order valence-corrected chi connectivity index (χ1v) is 12.5. The van der Waals surface area contributed by atoms with Crippen molar-refractivity contribution < 1.29 is 13.2 Å². The highest BCUT2D eigenvalue weighted by atomic mass is 32.2. The lowest BCUT2D eigenvalue weighted by molar-refractivity contribution is 0.0926. The summed E-state index contributed by atoms with van der Waals surface area (Å²) in [6.07, 6.45) is 6.54. The third-order valence-electron chi connectivity index (χ3n) is 6.53. The van der Waals surface area contributed by atoms with Gasteiger partial charge in [-0.05, 0) is 42.7 Å². The van der Waals surface area contributed by atoms with Crippen molar-refractivity contribution in [1.29, 1.82) is 0 Å². The Morgan fingerprint density at radius 3 is 2.62 bits per heavy atom. The quantitative estimate of drug-likeness (QED) is 0.562. The number of fused-ring (bicyclic) bond motifs is 2. The van der Waals surface area contributed by atoms with E-state index in [9.17, 15) is 18.0 Å². The number of carbonyl (C=O) groups is 1. The fourth-order valence-corrected chi connectivity index (χ4v) is 6.46. The van der Waals surface area contributed by atoms with E-state index in [1.807, 2.05) is 18.2 Å². The second-order valence-electron chi connectivity index (χ2n) is 8.55. The topological polar surface area (TPSA) is 108 Å². The molecule has 2 heterocycles. The van der Waals surface area contributed by atoms with Crippen molar-refractivity contribution in [3.05, 3.63) is 70.0 Å². The number of H-pyrrole nitrogens is 1. The van der Waals surface area contributed by atoms with E-state index in [0.29, 0.717) is 5.52 Å². The van der Waals surface area contributed by atoms with Gasteiger partial charge in [-0.2, -0.15) is 0 Å². The van der Waals surface area contributed by atoms with Gasteiger partial charge in [0, 0.05) is 35.4 Å². The van der Waals surface area contributed by atoms with Gasteiger partial charge in [-0.1, -0.05) is 37.5 Å². The lowest BCUT2D eigenvalue weighted by Crippen LogP contribution is -2.38. The standard InChI is InChI=1S/C24H25N3O4S/c28-23-18-12-16(32(30,31)22-14-26-20-9-5-4-8-17(20)22)10-11-21(18)25-13-19(23)24(29)27-15-6-2-1-3-7-15/h4-5,8-13,15,22,26H,1-3,6-7,14H2,(H,25,28)(H,27,29). The van der Waals surface area contributed by atoms with Gasteiger partial charge in [-0.25, -0.2) is 8.42 Å². The Labute approximate surface area is 186 Å². The molecular formula is C24H25N3O4S. The van der Waals surface area contributed by atoms with Crippen LogP contribution < -0.4 is 16.1 Å². The van der Waals surface area contributed by atoms with Crippen molar-refractivity contribution in [3.63, 3.8) is 0 Å². The highest BCUT2D eigenvalue weighted by Gasteiger charge is 2.34. The molecule has 1 aromatic heterocycles. The van der Waals surface area contributed by atoms with Crippen LogP contribution in [0.4, 0.5) is 5.69 Å². The van der Waals surface area contributed by atoms with E-state index in [1.165, 1.54) is 24.8 Å². The van der Waals surface area contributed by atoms with E-state index in [1.54, 1.807) is 12.1 Å². The second-order valence-corrected chi connectivity index (χ2v) is 10.7. The summed E-state index contributed by atoms with van der Waals surface area (Å²) in [4.78, 5) is 28.9. The molecule has 3 N–H and O–H groups in total. The SMILES string of the molecule is O=C(NC1CCCCC1)c1c[nH]c2ccc(S(=O)(=O)C3CNc4ccccc43)cc2c1=O. The Hall–Kier alpha value is -3.13. The van der Waals surface area contributed by atoms with Crippen LogP contribution in [0, 0.1) is 0 Å². The summed E-state index contributed by atoms with van der Waals surface area (Å²) in [5, 5.41) is 5.56. The molecule has 1 atom stereocenters. The van der Waals surface area contributed by atoms with E-state index in [4.69, 9.17) is 0 Å². The molecule has 0 saturated heterocycles. The number of nitrogens with one attached hydrogen (secondary N) is 3. The first-order chi connectivity index (χ1) is 15.4. The molecule has 1 saturated carbocycles. The van der Waals surface area contributed by atoms with Gasteiger partial charge in [-0.15, -0.1) is 0 Å². The molecule has 0 bridgehead atoms. The monoisotopic (exact) mass is 451 g/mol. The molecule has 1 fully saturated rings. The molecule has 2 aromatic carbocycles. The van der Waals surface area contributed by atoms with Crippen LogP contribution in [0.2, 0.25) is 0 Å². The van der Waals surface area contributed by atoms with Crippen molar-refractivity contribution in [1.82, 2.24) is 10.3 Å². The smallest absolute Gasteiger partial charge is 0.256 e. The Morgan fingerprint density at radius 1 is 1.03 bits per heavy atom. The molecule has 3 aromatic rings. The number of hydrogen-bond acceptors (Lipinski definition) is 5. The third-order valence-corrected chi connectivity index (χ3v) is 8.61. The predicted molar refractivity (Wildman–Crippen MR) is 124 cm³/mol. The number of aromatic nitrogens is 1. The summed E-state index contributed by atoms with van der Waals surface area (Å²) in [5.41, 5.74) is 1.57. The van der Waals surface area contributed by atoms with Crippen LogP contribution in [0.5, 0.6) is 0 Å². The van der Waals surface area contributed by atoms with Crippen LogP contribution in [-0.2, 0) is 9.84 Å². The highest BCUT2D eigenvalue weighted by molar-refractivity contribution is 7.91. The zero-order valence-electron chi connectivity index (χ0n) is 17.6. The van der Waals surface area contributed by atoms with Crippen LogP contribution in [0.25, 0.3) is 10.9 Å². The van der Waals surface area contributed by atoms with Gasteiger partial charge in [-0.3, -0.25) is 9.59 Å². The van der Waals surface area contributed by atoms with Crippen molar-refractivity contribution >= 4 is 32.3 Å². The largest absolute Gasteiger partial charge is 0.383 e. The normalized spacial score (nSPS) is 18.8. The Morgan fingerprint density at radius 2 is 1.81 bits per heavy atom. The first-order valence-electron chi connectivity index (χ1n) is 11.0. The van der Waals surface area contributed by atoms with Gasteiger partial charge in [0.25, 0.3) is 5.91 Å². The lowest BCUT2D eigenvalue weighted by Gasteiger charge is -2.22. The summed E-state index contributed by atoms with van der Waals surface area (Å²) in [5.74, 6) is -0.415. The fraction of sp³-hybridized carbons (Fsp3) is 0.333. The number of pyridine rings is 1. The second kappa shape index (κ2) is 8.09. The average molecular weight is 452 g/mol. The van der Waals surface area contributed by atoms with Crippen LogP contribution in [0.3, 0.4) is 0 Å². The number of carbonyl (C=O) groups excluding carboxylic acids is 1. The number of aromatic amines is 1. The summed E-state index contributed by atoms with van der Waals surface area (Å²) in [6.45, 7) is 0.278. The number of para-hydroxylation sites is 1. The van der Waals surface area contributed by atoms with E-state index >= 15 is 0 Å². The fourth-order valence-electron chi connectivity index (χ4n) is 4.75. The van der Waals surface area contributed by atoms with Crippen LogP contribution in [0.15, 0.2) is 58.4 Å². The average Bonchev–Trinajstić information content (AvgIpc) is 3.25. The Balaban J connectivity index is 1.50. The van der Waals surface area contributed by atoms with Crippen molar-refractivity contribution in [2.24, 2.45) is 0 Å². The van der Waals surface area contributed by atoms with Gasteiger partial charge < -0.3 is 15.6 Å². The third kappa shape index (κ3) is 3.58. The van der Waals surface area contributed by atoms with Gasteiger partial charge in [0.2, 0.25) is 5.43 Å². The van der Waals surface area contributed by atoms with Gasteiger partial charge in [0.05, 0.1) is 4.90 Å². The number of anilines is 1. The lowest BCUT2D eigenvalue weighted by atomic mass is 9.95. The minimum atomic E-state index is -3.73. The molecule has 166 valence electrons. The number of hydrogen-bond donors (Lipinski definition) is 3. The van der Waals surface area contributed by atoms with Gasteiger partial charge >= 0.3 is 0 Å². The van der Waals surface area contributed by atoms with Gasteiger partial charge in [0.15, 0.2) is 9.84 Å². The summed E-state index contributed by atoms with van der Waals surface area (Å²) >= 11 is 0. The molecule has 2 aliphatic rings. The van der Waals surface area contributed by atoms with E-state index < -0.39 is 26.4 Å². The van der Waals surface area contributed by atoms with E-state index in [2.05, 4.69) is 15.6 Å². The van der Waals surface area contributed by atoms with E-state index in [-0.39, 0.29) is 28.4 Å². The van der Waals surface area contributed by atoms with Crippen LogP contribution in [0.1, 0.15) is 53.3 Å². The number of amides is 1. The summed E-state index contributed by atoms with van der Waals surface area (Å²) in [7, 11) is -3.73. The molecule has 1 amide bonds. The zero-order chi connectivity index (χ0) is 22.3. The molecule has 0 radical (unpaired) electrons. The van der Waals surface area contributed by atoms with Crippen molar-refractivity contribution in [2.75, 3.05) is 11.9 Å². The number of benzene rings is 2.